The molecule has 0 aliphatic carbocycles. The van der Waals surface area contributed by atoms with Crippen molar-refractivity contribution in [3.8, 4) is 0 Å². The summed E-state index contributed by atoms with van der Waals surface area (Å²) in [4.78, 5) is 5.78. The van der Waals surface area contributed by atoms with E-state index < -0.39 is 11.0 Å². The fraction of sp³-hybridized carbons (Fsp3) is 0.700. The largest absolute Gasteiger partial charge is 0.385 e. The maximum Gasteiger partial charge on any atom is 0.0913 e. The second-order valence-corrected chi connectivity index (χ2v) is 9.13. The molecule has 1 saturated heterocycles. The highest BCUT2D eigenvalue weighted by molar-refractivity contribution is 7.81. The van der Waals surface area contributed by atoms with Gasteiger partial charge in [-0.05, 0) is 68.7 Å². The van der Waals surface area contributed by atoms with Crippen LogP contribution in [0.2, 0.25) is 0 Å². The first-order valence-electron chi connectivity index (χ1n) is 9.87. The zero-order valence-electron chi connectivity index (χ0n) is 16.4. The minimum atomic E-state index is -0.873. The molecule has 0 spiro atoms. The zero-order chi connectivity index (χ0) is 18.5. The topological polar surface area (TPSA) is 44.8 Å². The summed E-state index contributed by atoms with van der Waals surface area (Å²) >= 11 is 0. The van der Waals surface area contributed by atoms with Gasteiger partial charge in [0.25, 0.3) is 0 Å². The van der Waals surface area contributed by atoms with Gasteiger partial charge in [0.1, 0.15) is 0 Å². The van der Waals surface area contributed by atoms with Gasteiger partial charge < -0.3 is 5.32 Å². The second kappa shape index (κ2) is 9.31. The number of hydroxylamine groups is 2. The molecule has 0 bridgehead atoms. The highest BCUT2D eigenvalue weighted by Crippen LogP contribution is 2.24. The van der Waals surface area contributed by atoms with Crippen molar-refractivity contribution < 1.29 is 9.05 Å². The van der Waals surface area contributed by atoms with E-state index in [2.05, 4.69) is 42.4 Å². The van der Waals surface area contributed by atoms with Crippen LogP contribution in [0.3, 0.4) is 0 Å². The Balaban J connectivity index is 1.42. The molecular formula is C20H33N3O2S. The highest BCUT2D eigenvalue weighted by Gasteiger charge is 2.21. The van der Waals surface area contributed by atoms with E-state index in [0.29, 0.717) is 0 Å². The van der Waals surface area contributed by atoms with Crippen molar-refractivity contribution in [1.29, 1.82) is 0 Å². The quantitative estimate of drug-likeness (QED) is 0.790. The smallest absolute Gasteiger partial charge is 0.0913 e. The molecule has 1 N–H and O–H groups in total. The average molecular weight is 380 g/mol. The highest BCUT2D eigenvalue weighted by atomic mass is 32.2. The summed E-state index contributed by atoms with van der Waals surface area (Å²) in [6, 6.07) is 6.64. The number of nitrogens with zero attached hydrogens (tertiary/aromatic N) is 2. The van der Waals surface area contributed by atoms with E-state index in [1.807, 2.05) is 4.31 Å². The van der Waals surface area contributed by atoms with E-state index in [-0.39, 0.29) is 6.10 Å². The number of hydrogen-bond acceptors (Lipinski definition) is 4. The molecule has 0 aromatic heterocycles. The molecule has 6 heteroatoms. The van der Waals surface area contributed by atoms with Gasteiger partial charge in [-0.25, -0.2) is 8.51 Å². The van der Waals surface area contributed by atoms with Gasteiger partial charge in [0.2, 0.25) is 0 Å². The van der Waals surface area contributed by atoms with Crippen LogP contribution in [0.25, 0.3) is 0 Å². The lowest BCUT2D eigenvalue weighted by molar-refractivity contribution is -0.200. The van der Waals surface area contributed by atoms with E-state index in [0.717, 1.165) is 45.1 Å². The van der Waals surface area contributed by atoms with Gasteiger partial charge in [-0.1, -0.05) is 6.07 Å². The number of anilines is 1. The lowest BCUT2D eigenvalue weighted by atomic mass is 9.94. The number of fused-ring (bicyclic) bond motifs is 1. The molecule has 2 heterocycles. The Kier molecular flexibility index (Phi) is 7.09. The number of hydrogen-bond donors (Lipinski definition) is 1. The predicted molar refractivity (Wildman–Crippen MR) is 108 cm³/mol. The molecule has 2 aliphatic heterocycles. The summed E-state index contributed by atoms with van der Waals surface area (Å²) in [7, 11) is -0.873. The number of piperidine rings is 1. The Labute approximate surface area is 160 Å². The van der Waals surface area contributed by atoms with Crippen molar-refractivity contribution in [3.63, 3.8) is 0 Å². The van der Waals surface area contributed by atoms with E-state index in [9.17, 15) is 4.21 Å². The molecular weight excluding hydrogens is 346 g/mol. The van der Waals surface area contributed by atoms with Crippen molar-refractivity contribution in [2.24, 2.45) is 5.92 Å². The van der Waals surface area contributed by atoms with Crippen LogP contribution in [0, 0.1) is 5.92 Å². The number of rotatable bonds is 7. The van der Waals surface area contributed by atoms with Gasteiger partial charge in [-0.15, -0.1) is 0 Å². The van der Waals surface area contributed by atoms with E-state index >= 15 is 0 Å². The molecule has 3 rings (SSSR count). The van der Waals surface area contributed by atoms with Crippen LogP contribution in [0.15, 0.2) is 18.2 Å². The monoisotopic (exact) mass is 379 g/mol. The van der Waals surface area contributed by atoms with E-state index in [1.165, 1.54) is 36.1 Å². The standard InChI is InChI=1S/C20H33N3O2S/c1-16(2)25-22-11-7-17(8-12-22)6-10-21-20-5-4-19-15-23(26(3)24)13-9-18(19)14-20/h4-5,14,16-17,21H,6-13,15H2,1-3H3. The molecule has 5 nitrogen and oxygen atoms in total. The first-order chi connectivity index (χ1) is 12.5. The fourth-order valence-corrected chi connectivity index (χ4v) is 4.55. The summed E-state index contributed by atoms with van der Waals surface area (Å²) < 4.78 is 13.7. The van der Waals surface area contributed by atoms with Gasteiger partial charge in [-0.2, -0.15) is 5.06 Å². The third-order valence-electron chi connectivity index (χ3n) is 5.36. The van der Waals surface area contributed by atoms with Crippen molar-refractivity contribution in [2.45, 2.75) is 52.2 Å². The maximum atomic E-state index is 11.7. The van der Waals surface area contributed by atoms with Crippen LogP contribution in [-0.2, 0) is 28.8 Å². The molecule has 0 amide bonds. The number of benzene rings is 1. The summed E-state index contributed by atoms with van der Waals surface area (Å²) in [5.74, 6) is 0.792. The Morgan fingerprint density at radius 1 is 1.23 bits per heavy atom. The van der Waals surface area contributed by atoms with Crippen molar-refractivity contribution >= 4 is 16.7 Å². The number of nitrogens with one attached hydrogen (secondary N) is 1. The van der Waals surface area contributed by atoms with Gasteiger partial charge in [0.05, 0.1) is 17.1 Å². The molecule has 1 unspecified atom stereocenters. The third-order valence-corrected chi connectivity index (χ3v) is 6.40. The van der Waals surface area contributed by atoms with E-state index in [4.69, 9.17) is 4.84 Å². The molecule has 1 aromatic rings. The minimum Gasteiger partial charge on any atom is -0.385 e. The van der Waals surface area contributed by atoms with Gasteiger partial charge >= 0.3 is 0 Å². The van der Waals surface area contributed by atoms with E-state index in [1.54, 1.807) is 6.26 Å². The van der Waals surface area contributed by atoms with Crippen molar-refractivity contribution in [2.75, 3.05) is 37.8 Å². The lowest BCUT2D eigenvalue weighted by Gasteiger charge is -2.32. The Morgan fingerprint density at radius 2 is 2.00 bits per heavy atom. The Hall–Kier alpha value is -0.950. The van der Waals surface area contributed by atoms with Crippen molar-refractivity contribution in [1.82, 2.24) is 9.37 Å². The first kappa shape index (κ1) is 19.8. The molecule has 1 atom stereocenters. The molecule has 0 radical (unpaired) electrons. The lowest BCUT2D eigenvalue weighted by Crippen LogP contribution is -2.36. The van der Waals surface area contributed by atoms with Gasteiger partial charge in [-0.3, -0.25) is 4.84 Å². The molecule has 1 aromatic carbocycles. The van der Waals surface area contributed by atoms with Crippen LogP contribution in [0.4, 0.5) is 5.69 Å². The first-order valence-corrected chi connectivity index (χ1v) is 11.4. The SMILES string of the molecule is CC(C)ON1CCC(CCNc2ccc3c(c2)CCN(S(C)=O)C3)CC1. The normalized spacial score (nSPS) is 20.9. The maximum absolute atomic E-state index is 11.7. The van der Waals surface area contributed by atoms with Gasteiger partial charge in [0, 0.05) is 44.7 Å². The molecule has 26 heavy (non-hydrogen) atoms. The summed E-state index contributed by atoms with van der Waals surface area (Å²) in [5.41, 5.74) is 3.93. The molecule has 146 valence electrons. The molecule has 0 saturated carbocycles. The zero-order valence-corrected chi connectivity index (χ0v) is 17.2. The summed E-state index contributed by atoms with van der Waals surface area (Å²) in [5, 5.41) is 5.73. The van der Waals surface area contributed by atoms with Crippen LogP contribution in [0.5, 0.6) is 0 Å². The third kappa shape index (κ3) is 5.52. The molecule has 2 aliphatic rings. The van der Waals surface area contributed by atoms with Crippen LogP contribution >= 0.6 is 0 Å². The summed E-state index contributed by atoms with van der Waals surface area (Å²) in [6.07, 6.45) is 6.70. The van der Waals surface area contributed by atoms with Gasteiger partial charge in [0.15, 0.2) is 0 Å². The average Bonchev–Trinajstić information content (AvgIpc) is 2.62. The Bertz CT molecular complexity index is 615. The van der Waals surface area contributed by atoms with Crippen molar-refractivity contribution in [3.05, 3.63) is 29.3 Å². The van der Waals surface area contributed by atoms with Crippen LogP contribution in [0.1, 0.15) is 44.2 Å². The minimum absolute atomic E-state index is 0.279. The van der Waals surface area contributed by atoms with Crippen LogP contribution in [-0.4, -0.2) is 52.1 Å². The fourth-order valence-electron chi connectivity index (χ4n) is 3.88. The van der Waals surface area contributed by atoms with Crippen LogP contribution < -0.4 is 5.32 Å². The predicted octanol–water partition coefficient (Wildman–Crippen LogP) is 3.19. The molecule has 1 fully saturated rings. The second-order valence-electron chi connectivity index (χ2n) is 7.76. The Morgan fingerprint density at radius 3 is 2.69 bits per heavy atom. The summed E-state index contributed by atoms with van der Waals surface area (Å²) in [6.45, 7) is 9.00.